The fourth-order valence-electron chi connectivity index (χ4n) is 6.82. The Morgan fingerprint density at radius 1 is 0.893 bits per heavy atom. The number of aryl methyl sites for hydroxylation is 1. The molecule has 28 heavy (non-hydrogen) atoms. The highest BCUT2D eigenvalue weighted by Gasteiger charge is 2.38. The van der Waals surface area contributed by atoms with Gasteiger partial charge >= 0.3 is 0 Å². The van der Waals surface area contributed by atoms with E-state index in [1.54, 1.807) is 6.07 Å². The van der Waals surface area contributed by atoms with Gasteiger partial charge in [-0.1, -0.05) is 31.6 Å². The van der Waals surface area contributed by atoms with Crippen molar-refractivity contribution in [2.24, 2.45) is 29.6 Å². The van der Waals surface area contributed by atoms with E-state index in [1.807, 2.05) is 6.08 Å². The second-order valence-corrected chi connectivity index (χ2v) is 10.3. The Morgan fingerprint density at radius 3 is 2.25 bits per heavy atom. The van der Waals surface area contributed by atoms with Crippen LogP contribution >= 0.6 is 0 Å². The van der Waals surface area contributed by atoms with Gasteiger partial charge < -0.3 is 0 Å². The molecule has 1 aromatic carbocycles. The molecular weight excluding hydrogens is 343 g/mol. The average molecular weight is 383 g/mol. The summed E-state index contributed by atoms with van der Waals surface area (Å²) >= 11 is 0. The van der Waals surface area contributed by atoms with Gasteiger partial charge in [-0.2, -0.15) is 0 Å². The summed E-state index contributed by atoms with van der Waals surface area (Å²) in [4.78, 5) is 0. The van der Waals surface area contributed by atoms with E-state index in [0.717, 1.165) is 53.6 Å². The molecule has 3 saturated carbocycles. The highest BCUT2D eigenvalue weighted by molar-refractivity contribution is 5.28. The van der Waals surface area contributed by atoms with Crippen molar-refractivity contribution >= 4 is 0 Å². The molecule has 0 spiro atoms. The van der Waals surface area contributed by atoms with E-state index in [4.69, 9.17) is 0 Å². The second-order valence-electron chi connectivity index (χ2n) is 10.3. The molecule has 0 aromatic heterocycles. The Bertz CT molecular complexity index is 654. The van der Waals surface area contributed by atoms with Crippen molar-refractivity contribution in [3.8, 4) is 0 Å². The van der Waals surface area contributed by atoms with Gasteiger partial charge in [-0.3, -0.25) is 0 Å². The molecule has 0 nitrogen and oxygen atoms in total. The summed E-state index contributed by atoms with van der Waals surface area (Å²) in [6.07, 6.45) is 17.6. The van der Waals surface area contributed by atoms with Gasteiger partial charge in [0.2, 0.25) is 0 Å². The molecule has 3 aliphatic rings. The zero-order chi connectivity index (χ0) is 19.5. The molecule has 0 heterocycles. The summed E-state index contributed by atoms with van der Waals surface area (Å²) in [5, 5.41) is 0. The van der Waals surface area contributed by atoms with Crippen molar-refractivity contribution in [3.63, 3.8) is 0 Å². The third-order valence-electron chi connectivity index (χ3n) is 8.50. The summed E-state index contributed by atoms with van der Waals surface area (Å²) < 4.78 is 14.7. The lowest BCUT2D eigenvalue weighted by molar-refractivity contribution is 0.0671. The third kappa shape index (κ3) is 4.55. The number of rotatable bonds is 5. The molecule has 154 valence electrons. The molecule has 3 aliphatic carbocycles. The van der Waals surface area contributed by atoms with Crippen LogP contribution in [0.5, 0.6) is 0 Å². The van der Waals surface area contributed by atoms with Crippen LogP contribution in [0.25, 0.3) is 0 Å². The maximum Gasteiger partial charge on any atom is 0.126 e. The first-order chi connectivity index (χ1) is 13.6. The van der Waals surface area contributed by atoms with E-state index < -0.39 is 0 Å². The minimum absolute atomic E-state index is 0.0295. The van der Waals surface area contributed by atoms with Gasteiger partial charge in [-0.15, -0.1) is 6.58 Å². The topological polar surface area (TPSA) is 0 Å². The van der Waals surface area contributed by atoms with Crippen LogP contribution in [0.4, 0.5) is 4.39 Å². The van der Waals surface area contributed by atoms with Gasteiger partial charge in [0.1, 0.15) is 5.82 Å². The Hall–Kier alpha value is -1.11. The van der Waals surface area contributed by atoms with Gasteiger partial charge in [0.25, 0.3) is 0 Å². The quantitative estimate of drug-likeness (QED) is 0.452. The largest absolute Gasteiger partial charge is 0.207 e. The highest BCUT2D eigenvalue weighted by Crippen LogP contribution is 2.49. The van der Waals surface area contributed by atoms with Crippen LogP contribution in [-0.2, 0) is 6.42 Å². The third-order valence-corrected chi connectivity index (χ3v) is 8.50. The lowest BCUT2D eigenvalue weighted by Gasteiger charge is -2.45. The predicted octanol–water partition coefficient (Wildman–Crippen LogP) is 8.07. The molecule has 0 amide bonds. The van der Waals surface area contributed by atoms with Gasteiger partial charge in [0, 0.05) is 0 Å². The summed E-state index contributed by atoms with van der Waals surface area (Å²) in [5.74, 6) is 5.36. The van der Waals surface area contributed by atoms with E-state index >= 15 is 0 Å². The molecule has 0 bridgehead atoms. The molecule has 4 unspecified atom stereocenters. The molecule has 0 aliphatic heterocycles. The van der Waals surface area contributed by atoms with E-state index in [0.29, 0.717) is 5.92 Å². The lowest BCUT2D eigenvalue weighted by Crippen LogP contribution is -2.34. The van der Waals surface area contributed by atoms with Crippen LogP contribution in [0, 0.1) is 35.4 Å². The molecule has 1 aromatic rings. The van der Waals surface area contributed by atoms with Crippen LogP contribution in [0.15, 0.2) is 30.9 Å². The van der Waals surface area contributed by atoms with E-state index in [-0.39, 0.29) is 5.82 Å². The van der Waals surface area contributed by atoms with E-state index in [1.165, 1.54) is 64.2 Å². The summed E-state index contributed by atoms with van der Waals surface area (Å²) in [5.41, 5.74) is 2.08. The second kappa shape index (κ2) is 9.14. The van der Waals surface area contributed by atoms with Crippen LogP contribution in [-0.4, -0.2) is 0 Å². The highest BCUT2D eigenvalue weighted by atomic mass is 19.1. The maximum atomic E-state index is 14.7. The molecule has 1 heteroatoms. The normalized spacial score (nSPS) is 35.9. The predicted molar refractivity (Wildman–Crippen MR) is 117 cm³/mol. The number of fused-ring (bicyclic) bond motifs is 1. The number of allylic oxidation sites excluding steroid dienone is 1. The van der Waals surface area contributed by atoms with Crippen LogP contribution in [0.1, 0.15) is 94.6 Å². The van der Waals surface area contributed by atoms with Crippen molar-refractivity contribution in [1.29, 1.82) is 0 Å². The first-order valence-corrected chi connectivity index (χ1v) is 12.0. The zero-order valence-electron chi connectivity index (χ0n) is 17.8. The number of halogens is 1. The number of hydrogen-bond acceptors (Lipinski definition) is 0. The van der Waals surface area contributed by atoms with E-state index in [2.05, 4.69) is 25.6 Å². The Kier molecular flexibility index (Phi) is 6.59. The SMILES string of the molecule is C=CCCc1ccc(C2CCC(C3CCC4CC(C)CCC4C3)CC2)c(F)c1. The maximum absolute atomic E-state index is 14.7. The molecule has 3 fully saturated rings. The molecule has 0 N–H and O–H groups in total. The lowest BCUT2D eigenvalue weighted by atomic mass is 9.61. The molecule has 4 rings (SSSR count). The number of benzene rings is 1. The zero-order valence-corrected chi connectivity index (χ0v) is 17.8. The fraction of sp³-hybridized carbons (Fsp3) is 0.704. The monoisotopic (exact) mass is 382 g/mol. The molecule has 0 saturated heterocycles. The molecule has 4 atom stereocenters. The molecule has 0 radical (unpaired) electrons. The van der Waals surface area contributed by atoms with Crippen molar-refractivity contribution in [2.45, 2.75) is 89.9 Å². The summed E-state index contributed by atoms with van der Waals surface area (Å²) in [6.45, 7) is 6.22. The van der Waals surface area contributed by atoms with Crippen LogP contribution in [0.2, 0.25) is 0 Å². The van der Waals surface area contributed by atoms with Gasteiger partial charge in [0.15, 0.2) is 0 Å². The summed E-state index contributed by atoms with van der Waals surface area (Å²) in [6, 6.07) is 5.99. The van der Waals surface area contributed by atoms with Crippen LogP contribution < -0.4 is 0 Å². The summed E-state index contributed by atoms with van der Waals surface area (Å²) in [7, 11) is 0. The Balaban J connectivity index is 1.31. The van der Waals surface area contributed by atoms with Crippen LogP contribution in [0.3, 0.4) is 0 Å². The van der Waals surface area contributed by atoms with Crippen molar-refractivity contribution < 1.29 is 4.39 Å². The minimum atomic E-state index is 0.0295. The van der Waals surface area contributed by atoms with Crippen molar-refractivity contribution in [3.05, 3.63) is 47.8 Å². The Morgan fingerprint density at radius 2 is 1.54 bits per heavy atom. The Labute approximate surface area is 172 Å². The minimum Gasteiger partial charge on any atom is -0.207 e. The first kappa shape index (κ1) is 20.2. The smallest absolute Gasteiger partial charge is 0.126 e. The average Bonchev–Trinajstić information content (AvgIpc) is 2.72. The number of hydrogen-bond donors (Lipinski definition) is 0. The fourth-order valence-corrected chi connectivity index (χ4v) is 6.82. The van der Waals surface area contributed by atoms with Gasteiger partial charge in [0.05, 0.1) is 0 Å². The van der Waals surface area contributed by atoms with E-state index in [9.17, 15) is 4.39 Å². The van der Waals surface area contributed by atoms with Gasteiger partial charge in [-0.05, 0) is 123 Å². The first-order valence-electron chi connectivity index (χ1n) is 12.0. The van der Waals surface area contributed by atoms with Gasteiger partial charge in [-0.25, -0.2) is 4.39 Å². The van der Waals surface area contributed by atoms with Crippen molar-refractivity contribution in [1.82, 2.24) is 0 Å². The standard InChI is InChI=1S/C27H39F/c1-3-4-5-20-7-15-26(27(28)17-20)22-11-9-21(10-12-22)24-14-13-23-16-19(2)6-8-25(23)18-24/h3,7,15,17,19,21-25H,1,4-6,8-14,16,18H2,2H3. The molecular formula is C27H39F. The van der Waals surface area contributed by atoms with Crippen molar-refractivity contribution in [2.75, 3.05) is 0 Å².